The topological polar surface area (TPSA) is 92.4 Å². The largest absolute Gasteiger partial charge is 0.481 e. The van der Waals surface area contributed by atoms with Gasteiger partial charge in [0.2, 0.25) is 0 Å². The first kappa shape index (κ1) is 9.24. The molecule has 0 aliphatic carbocycles. The molecule has 0 atom stereocenters. The SMILES string of the molecule is O=C(O)CCn1ccc(C(=O)O)n1. The van der Waals surface area contributed by atoms with Crippen LogP contribution in [0.5, 0.6) is 0 Å². The van der Waals surface area contributed by atoms with Gasteiger partial charge in [-0.25, -0.2) is 4.79 Å². The third kappa shape index (κ3) is 2.58. The number of aromatic nitrogens is 2. The highest BCUT2D eigenvalue weighted by molar-refractivity contribution is 5.85. The van der Waals surface area contributed by atoms with E-state index in [9.17, 15) is 9.59 Å². The minimum absolute atomic E-state index is 0.0687. The minimum Gasteiger partial charge on any atom is -0.481 e. The number of hydrogen-bond acceptors (Lipinski definition) is 3. The molecule has 6 nitrogen and oxygen atoms in total. The maximum Gasteiger partial charge on any atom is 0.356 e. The number of carboxylic acids is 2. The number of carboxylic acid groups (broad SMARTS) is 2. The zero-order valence-corrected chi connectivity index (χ0v) is 6.67. The predicted molar refractivity (Wildman–Crippen MR) is 41.4 cm³/mol. The van der Waals surface area contributed by atoms with Gasteiger partial charge in [0, 0.05) is 6.20 Å². The molecule has 0 aromatic carbocycles. The summed E-state index contributed by atoms with van der Waals surface area (Å²) in [5.41, 5.74) is -0.0783. The van der Waals surface area contributed by atoms with Gasteiger partial charge in [-0.1, -0.05) is 0 Å². The van der Waals surface area contributed by atoms with Crippen molar-refractivity contribution in [1.29, 1.82) is 0 Å². The molecule has 0 unspecified atom stereocenters. The highest BCUT2D eigenvalue weighted by Gasteiger charge is 2.06. The highest BCUT2D eigenvalue weighted by Crippen LogP contribution is 1.96. The number of nitrogens with zero attached hydrogens (tertiary/aromatic N) is 2. The Kier molecular flexibility index (Phi) is 2.63. The smallest absolute Gasteiger partial charge is 0.356 e. The van der Waals surface area contributed by atoms with Gasteiger partial charge in [0.25, 0.3) is 0 Å². The molecular weight excluding hydrogens is 176 g/mol. The minimum atomic E-state index is -1.12. The van der Waals surface area contributed by atoms with E-state index in [1.807, 2.05) is 0 Å². The van der Waals surface area contributed by atoms with E-state index < -0.39 is 11.9 Å². The molecule has 0 aliphatic rings. The van der Waals surface area contributed by atoms with E-state index in [0.29, 0.717) is 0 Å². The Balaban J connectivity index is 2.59. The molecule has 2 N–H and O–H groups in total. The van der Waals surface area contributed by atoms with Crippen LogP contribution < -0.4 is 0 Å². The van der Waals surface area contributed by atoms with Crippen molar-refractivity contribution in [3.63, 3.8) is 0 Å². The number of aliphatic carboxylic acids is 1. The van der Waals surface area contributed by atoms with Crippen molar-refractivity contribution in [1.82, 2.24) is 9.78 Å². The molecular formula is C7H8N2O4. The lowest BCUT2D eigenvalue weighted by atomic mass is 10.4. The Labute approximate surface area is 73.4 Å². The summed E-state index contributed by atoms with van der Waals surface area (Å²) in [7, 11) is 0. The van der Waals surface area contributed by atoms with Gasteiger partial charge in [-0.15, -0.1) is 0 Å². The molecule has 0 saturated heterocycles. The molecule has 0 bridgehead atoms. The zero-order chi connectivity index (χ0) is 9.84. The van der Waals surface area contributed by atoms with E-state index in [4.69, 9.17) is 10.2 Å². The van der Waals surface area contributed by atoms with Crippen LogP contribution in [0, 0.1) is 0 Å². The molecule has 1 heterocycles. The summed E-state index contributed by atoms with van der Waals surface area (Å²) in [4.78, 5) is 20.5. The summed E-state index contributed by atoms with van der Waals surface area (Å²) >= 11 is 0. The maximum atomic E-state index is 10.4. The second-order valence-corrected chi connectivity index (χ2v) is 2.41. The van der Waals surface area contributed by atoms with Gasteiger partial charge in [0.05, 0.1) is 13.0 Å². The number of aryl methyl sites for hydroxylation is 1. The van der Waals surface area contributed by atoms with Crippen LogP contribution in [0.4, 0.5) is 0 Å². The van der Waals surface area contributed by atoms with Crippen molar-refractivity contribution in [2.75, 3.05) is 0 Å². The van der Waals surface area contributed by atoms with Crippen molar-refractivity contribution in [2.24, 2.45) is 0 Å². The Morgan fingerprint density at radius 2 is 2.15 bits per heavy atom. The van der Waals surface area contributed by atoms with E-state index in [1.54, 1.807) is 0 Å². The molecule has 0 fully saturated rings. The molecule has 0 aliphatic heterocycles. The number of rotatable bonds is 4. The quantitative estimate of drug-likeness (QED) is 0.690. The normalized spacial score (nSPS) is 9.85. The van der Waals surface area contributed by atoms with Crippen LogP contribution in [0.25, 0.3) is 0 Å². The van der Waals surface area contributed by atoms with Crippen LogP contribution in [0.15, 0.2) is 12.3 Å². The lowest BCUT2D eigenvalue weighted by molar-refractivity contribution is -0.137. The van der Waals surface area contributed by atoms with Crippen LogP contribution in [-0.4, -0.2) is 31.9 Å². The van der Waals surface area contributed by atoms with Crippen LogP contribution in [0.1, 0.15) is 16.9 Å². The van der Waals surface area contributed by atoms with Gasteiger partial charge in [0.15, 0.2) is 5.69 Å². The van der Waals surface area contributed by atoms with Crippen LogP contribution >= 0.6 is 0 Å². The molecule has 1 aromatic rings. The van der Waals surface area contributed by atoms with E-state index in [2.05, 4.69) is 5.10 Å². The third-order valence-corrected chi connectivity index (χ3v) is 1.41. The van der Waals surface area contributed by atoms with Crippen LogP contribution in [-0.2, 0) is 11.3 Å². The average Bonchev–Trinajstić information content (AvgIpc) is 2.48. The van der Waals surface area contributed by atoms with Crippen molar-refractivity contribution < 1.29 is 19.8 Å². The fourth-order valence-corrected chi connectivity index (χ4v) is 0.810. The second-order valence-electron chi connectivity index (χ2n) is 2.41. The fourth-order valence-electron chi connectivity index (χ4n) is 0.810. The van der Waals surface area contributed by atoms with Gasteiger partial charge in [-0.05, 0) is 6.07 Å². The molecule has 0 saturated carbocycles. The molecule has 70 valence electrons. The molecule has 13 heavy (non-hydrogen) atoms. The first-order chi connectivity index (χ1) is 6.09. The van der Waals surface area contributed by atoms with Gasteiger partial charge in [-0.2, -0.15) is 5.10 Å². The summed E-state index contributed by atoms with van der Waals surface area (Å²) < 4.78 is 1.29. The average molecular weight is 184 g/mol. The van der Waals surface area contributed by atoms with Crippen molar-refractivity contribution in [3.05, 3.63) is 18.0 Å². The highest BCUT2D eigenvalue weighted by atomic mass is 16.4. The lowest BCUT2D eigenvalue weighted by Crippen LogP contribution is -2.06. The van der Waals surface area contributed by atoms with Crippen LogP contribution in [0.3, 0.4) is 0 Å². The number of hydrogen-bond donors (Lipinski definition) is 2. The Bertz CT molecular complexity index is 331. The standard InChI is InChI=1S/C7H8N2O4/c10-6(11)2-4-9-3-1-5(8-9)7(12)13/h1,3H,2,4H2,(H,10,11)(H,12,13). The summed E-state index contributed by atoms with van der Waals surface area (Å²) in [6.07, 6.45) is 1.37. The number of carbonyl (C=O) groups is 2. The molecule has 1 rings (SSSR count). The molecule has 0 amide bonds. The summed E-state index contributed by atoms with van der Waals surface area (Å²) in [6, 6.07) is 1.32. The van der Waals surface area contributed by atoms with E-state index in [0.717, 1.165) is 0 Å². The Morgan fingerprint density at radius 1 is 1.46 bits per heavy atom. The van der Waals surface area contributed by atoms with Crippen molar-refractivity contribution in [2.45, 2.75) is 13.0 Å². The maximum absolute atomic E-state index is 10.4. The molecule has 0 spiro atoms. The monoisotopic (exact) mass is 184 g/mol. The van der Waals surface area contributed by atoms with Gasteiger partial charge >= 0.3 is 11.9 Å². The summed E-state index contributed by atoms with van der Waals surface area (Å²) in [6.45, 7) is 0.183. The molecule has 6 heteroatoms. The third-order valence-electron chi connectivity index (χ3n) is 1.41. The van der Waals surface area contributed by atoms with Crippen LogP contribution in [0.2, 0.25) is 0 Å². The molecule has 0 radical (unpaired) electrons. The van der Waals surface area contributed by atoms with Gasteiger partial charge in [-0.3, -0.25) is 9.48 Å². The van der Waals surface area contributed by atoms with E-state index in [-0.39, 0.29) is 18.7 Å². The fraction of sp³-hybridized carbons (Fsp3) is 0.286. The summed E-state index contributed by atoms with van der Waals surface area (Å²) in [5, 5.41) is 20.5. The zero-order valence-electron chi connectivity index (χ0n) is 6.67. The predicted octanol–water partition coefficient (Wildman–Crippen LogP) is 0.0560. The molecule has 1 aromatic heterocycles. The number of aromatic carboxylic acids is 1. The van der Waals surface area contributed by atoms with E-state index in [1.165, 1.54) is 16.9 Å². The first-order valence-electron chi connectivity index (χ1n) is 3.58. The second kappa shape index (κ2) is 3.70. The Hall–Kier alpha value is -1.85. The van der Waals surface area contributed by atoms with Crippen molar-refractivity contribution in [3.8, 4) is 0 Å². The van der Waals surface area contributed by atoms with E-state index >= 15 is 0 Å². The van der Waals surface area contributed by atoms with Crippen molar-refractivity contribution >= 4 is 11.9 Å². The summed E-state index contributed by atoms with van der Waals surface area (Å²) in [5.74, 6) is -2.05. The van der Waals surface area contributed by atoms with Gasteiger partial charge in [0.1, 0.15) is 0 Å². The first-order valence-corrected chi connectivity index (χ1v) is 3.58. The lowest BCUT2D eigenvalue weighted by Gasteiger charge is -1.95. The Morgan fingerprint density at radius 3 is 2.62 bits per heavy atom. The van der Waals surface area contributed by atoms with Gasteiger partial charge < -0.3 is 10.2 Å².